The summed E-state index contributed by atoms with van der Waals surface area (Å²) in [6.45, 7) is 4.19. The van der Waals surface area contributed by atoms with Crippen molar-refractivity contribution in [1.29, 1.82) is 0 Å². The summed E-state index contributed by atoms with van der Waals surface area (Å²) in [5.41, 5.74) is 5.04. The molecule has 3 N–H and O–H groups in total. The molecule has 0 bridgehead atoms. The van der Waals surface area contributed by atoms with Gasteiger partial charge in [-0.2, -0.15) is 0 Å². The van der Waals surface area contributed by atoms with Crippen molar-refractivity contribution in [2.24, 2.45) is 5.73 Å². The molecule has 1 fully saturated rings. The van der Waals surface area contributed by atoms with Crippen LogP contribution >= 0.6 is 0 Å². The Kier molecular flexibility index (Phi) is 4.74. The highest BCUT2D eigenvalue weighted by atomic mass is 16.5. The first kappa shape index (κ1) is 13.5. The quantitative estimate of drug-likeness (QED) is 0.743. The molecule has 0 aromatic carbocycles. The van der Waals surface area contributed by atoms with Crippen LogP contribution in [-0.2, 0) is 9.53 Å². The lowest BCUT2D eigenvalue weighted by Crippen LogP contribution is -2.60. The van der Waals surface area contributed by atoms with Crippen molar-refractivity contribution in [3.05, 3.63) is 0 Å². The molecular weight excluding hydrogens is 204 g/mol. The summed E-state index contributed by atoms with van der Waals surface area (Å²) in [5.74, 6) is -0.220. The Labute approximate surface area is 97.9 Å². The minimum Gasteiger partial charge on any atom is -0.381 e. The van der Waals surface area contributed by atoms with E-state index in [4.69, 9.17) is 10.5 Å². The number of carbonyl (C=O) groups is 1. The number of hydrogen-bond acceptors (Lipinski definition) is 3. The highest BCUT2D eigenvalue weighted by Crippen LogP contribution is 2.30. The van der Waals surface area contributed by atoms with E-state index in [1.54, 1.807) is 7.11 Å². The van der Waals surface area contributed by atoms with Crippen LogP contribution in [0.25, 0.3) is 0 Å². The standard InChI is InChI=1S/C12H24N2O2/c1-4-9(2)14-12(11(13)15)7-5-10(16-3)6-8-12/h9-10,14H,4-8H2,1-3H3,(H2,13,15). The van der Waals surface area contributed by atoms with E-state index in [-0.39, 0.29) is 12.0 Å². The predicted octanol–water partition coefficient (Wildman–Crippen LogP) is 1.19. The molecule has 0 heterocycles. The third-order valence-electron chi connectivity index (χ3n) is 3.73. The second-order valence-corrected chi connectivity index (χ2v) is 4.84. The second kappa shape index (κ2) is 5.64. The van der Waals surface area contributed by atoms with Gasteiger partial charge in [0.2, 0.25) is 5.91 Å². The Hall–Kier alpha value is -0.610. The van der Waals surface area contributed by atoms with Crippen LogP contribution in [0.15, 0.2) is 0 Å². The van der Waals surface area contributed by atoms with Crippen molar-refractivity contribution < 1.29 is 9.53 Å². The maximum Gasteiger partial charge on any atom is 0.237 e. The fraction of sp³-hybridized carbons (Fsp3) is 0.917. The van der Waals surface area contributed by atoms with Crippen LogP contribution in [0.1, 0.15) is 46.0 Å². The van der Waals surface area contributed by atoms with E-state index >= 15 is 0 Å². The Morgan fingerprint density at radius 3 is 2.50 bits per heavy atom. The molecule has 1 aliphatic rings. The number of primary amides is 1. The number of ether oxygens (including phenoxy) is 1. The highest BCUT2D eigenvalue weighted by Gasteiger charge is 2.40. The molecule has 1 saturated carbocycles. The van der Waals surface area contributed by atoms with Crippen LogP contribution in [0, 0.1) is 0 Å². The summed E-state index contributed by atoms with van der Waals surface area (Å²) < 4.78 is 5.32. The van der Waals surface area contributed by atoms with Gasteiger partial charge in [0.15, 0.2) is 0 Å². The van der Waals surface area contributed by atoms with Gasteiger partial charge in [0.05, 0.1) is 11.6 Å². The van der Waals surface area contributed by atoms with Gasteiger partial charge in [-0.1, -0.05) is 6.92 Å². The molecular formula is C12H24N2O2. The molecule has 1 amide bonds. The van der Waals surface area contributed by atoms with E-state index < -0.39 is 5.54 Å². The number of nitrogens with two attached hydrogens (primary N) is 1. The van der Waals surface area contributed by atoms with Crippen LogP contribution < -0.4 is 11.1 Å². The SMILES string of the molecule is CCC(C)NC1(C(N)=O)CCC(OC)CC1. The van der Waals surface area contributed by atoms with Gasteiger partial charge in [0, 0.05) is 13.2 Å². The van der Waals surface area contributed by atoms with E-state index in [1.807, 2.05) is 0 Å². The highest BCUT2D eigenvalue weighted by molar-refractivity contribution is 5.84. The van der Waals surface area contributed by atoms with E-state index in [1.165, 1.54) is 0 Å². The number of nitrogens with one attached hydrogen (secondary N) is 1. The predicted molar refractivity (Wildman–Crippen MR) is 64.1 cm³/mol. The maximum atomic E-state index is 11.6. The fourth-order valence-electron chi connectivity index (χ4n) is 2.36. The van der Waals surface area contributed by atoms with Crippen molar-refractivity contribution >= 4 is 5.91 Å². The monoisotopic (exact) mass is 228 g/mol. The smallest absolute Gasteiger partial charge is 0.237 e. The van der Waals surface area contributed by atoms with Crippen LogP contribution in [0.2, 0.25) is 0 Å². The molecule has 1 aliphatic carbocycles. The van der Waals surface area contributed by atoms with E-state index in [0.717, 1.165) is 32.1 Å². The lowest BCUT2D eigenvalue weighted by Gasteiger charge is -2.39. The first-order valence-corrected chi connectivity index (χ1v) is 6.14. The number of carbonyl (C=O) groups excluding carboxylic acids is 1. The summed E-state index contributed by atoms with van der Waals surface area (Å²) >= 11 is 0. The van der Waals surface area contributed by atoms with Crippen LogP contribution in [0.5, 0.6) is 0 Å². The number of rotatable bonds is 5. The minimum absolute atomic E-state index is 0.220. The molecule has 0 saturated heterocycles. The van der Waals surface area contributed by atoms with Crippen molar-refractivity contribution in [2.45, 2.75) is 63.6 Å². The van der Waals surface area contributed by atoms with Crippen molar-refractivity contribution in [3.8, 4) is 0 Å². The largest absolute Gasteiger partial charge is 0.381 e. The number of amides is 1. The minimum atomic E-state index is -0.509. The average molecular weight is 228 g/mol. The molecule has 4 nitrogen and oxygen atoms in total. The zero-order chi connectivity index (χ0) is 12.2. The normalized spacial score (nSPS) is 32.3. The van der Waals surface area contributed by atoms with Crippen molar-refractivity contribution in [2.75, 3.05) is 7.11 Å². The van der Waals surface area contributed by atoms with Gasteiger partial charge in [0.1, 0.15) is 0 Å². The van der Waals surface area contributed by atoms with Crippen LogP contribution in [0.3, 0.4) is 0 Å². The van der Waals surface area contributed by atoms with Gasteiger partial charge in [-0.15, -0.1) is 0 Å². The fourth-order valence-corrected chi connectivity index (χ4v) is 2.36. The van der Waals surface area contributed by atoms with Gasteiger partial charge in [0.25, 0.3) is 0 Å². The average Bonchev–Trinajstić information content (AvgIpc) is 2.29. The third kappa shape index (κ3) is 2.95. The van der Waals surface area contributed by atoms with Crippen LogP contribution in [0.4, 0.5) is 0 Å². The molecule has 1 unspecified atom stereocenters. The zero-order valence-corrected chi connectivity index (χ0v) is 10.6. The maximum absolute atomic E-state index is 11.6. The van der Waals surface area contributed by atoms with Gasteiger partial charge < -0.3 is 15.8 Å². The lowest BCUT2D eigenvalue weighted by atomic mass is 9.79. The van der Waals surface area contributed by atoms with Crippen LogP contribution in [-0.4, -0.2) is 30.7 Å². The third-order valence-corrected chi connectivity index (χ3v) is 3.73. The van der Waals surface area contributed by atoms with Gasteiger partial charge in [-0.3, -0.25) is 4.79 Å². The molecule has 0 aromatic rings. The van der Waals surface area contributed by atoms with Crippen molar-refractivity contribution in [1.82, 2.24) is 5.32 Å². The lowest BCUT2D eigenvalue weighted by molar-refractivity contribution is -0.127. The Morgan fingerprint density at radius 2 is 2.12 bits per heavy atom. The Balaban J connectivity index is 2.65. The number of hydrogen-bond donors (Lipinski definition) is 2. The first-order chi connectivity index (χ1) is 7.54. The topological polar surface area (TPSA) is 64.3 Å². The molecule has 1 atom stereocenters. The summed E-state index contributed by atoms with van der Waals surface area (Å²) in [6, 6.07) is 0.326. The van der Waals surface area contributed by atoms with E-state index in [2.05, 4.69) is 19.2 Å². The molecule has 0 aliphatic heterocycles. The molecule has 0 spiro atoms. The summed E-state index contributed by atoms with van der Waals surface area (Å²) in [5, 5.41) is 3.40. The Bertz CT molecular complexity index is 235. The summed E-state index contributed by atoms with van der Waals surface area (Å²) in [4.78, 5) is 11.6. The van der Waals surface area contributed by atoms with E-state index in [9.17, 15) is 4.79 Å². The number of methoxy groups -OCH3 is 1. The van der Waals surface area contributed by atoms with Crippen molar-refractivity contribution in [3.63, 3.8) is 0 Å². The summed E-state index contributed by atoms with van der Waals surface area (Å²) in [7, 11) is 1.73. The molecule has 16 heavy (non-hydrogen) atoms. The van der Waals surface area contributed by atoms with Gasteiger partial charge in [-0.25, -0.2) is 0 Å². The van der Waals surface area contributed by atoms with E-state index in [0.29, 0.717) is 6.04 Å². The van der Waals surface area contributed by atoms with Gasteiger partial charge >= 0.3 is 0 Å². The zero-order valence-electron chi connectivity index (χ0n) is 10.6. The first-order valence-electron chi connectivity index (χ1n) is 6.14. The molecule has 94 valence electrons. The molecule has 1 rings (SSSR count). The molecule has 4 heteroatoms. The summed E-state index contributed by atoms with van der Waals surface area (Å²) in [6.07, 6.45) is 4.66. The molecule has 0 aromatic heterocycles. The Morgan fingerprint density at radius 1 is 1.56 bits per heavy atom. The second-order valence-electron chi connectivity index (χ2n) is 4.84. The molecule has 0 radical (unpaired) electrons. The van der Waals surface area contributed by atoms with Gasteiger partial charge in [-0.05, 0) is 39.0 Å².